The molecule has 8 heteroatoms. The van der Waals surface area contributed by atoms with Crippen LogP contribution in [0.2, 0.25) is 0 Å². The van der Waals surface area contributed by atoms with Gasteiger partial charge in [-0.2, -0.15) is 0 Å². The van der Waals surface area contributed by atoms with Gasteiger partial charge in [-0.1, -0.05) is 24.3 Å². The molecule has 230 valence electrons. The average molecular weight is 589 g/mol. The van der Waals surface area contributed by atoms with E-state index in [4.69, 9.17) is 9.72 Å². The third-order valence-electron chi connectivity index (χ3n) is 10.6. The van der Waals surface area contributed by atoms with Crippen molar-refractivity contribution in [3.63, 3.8) is 0 Å². The lowest BCUT2D eigenvalue weighted by Gasteiger charge is -2.46. The molecule has 3 aliphatic heterocycles. The summed E-state index contributed by atoms with van der Waals surface area (Å²) in [6.07, 6.45) is 7.08. The third-order valence-corrected chi connectivity index (χ3v) is 10.6. The van der Waals surface area contributed by atoms with Gasteiger partial charge in [0.15, 0.2) is 0 Å². The van der Waals surface area contributed by atoms with E-state index in [9.17, 15) is 14.0 Å². The number of halogens is 1. The molecule has 0 spiro atoms. The lowest BCUT2D eigenvalue weighted by Crippen LogP contribution is -2.52. The predicted octanol–water partition coefficient (Wildman–Crippen LogP) is 6.19. The number of hydrogen-bond acceptors (Lipinski definition) is 5. The largest absolute Gasteiger partial charge is 0.465 e. The zero-order chi connectivity index (χ0) is 30.4. The molecular formula is C35H45FN4O3. The maximum absolute atomic E-state index is 14.5. The van der Waals surface area contributed by atoms with Crippen molar-refractivity contribution in [3.8, 4) is 0 Å². The van der Waals surface area contributed by atoms with E-state index in [1.165, 1.54) is 24.4 Å². The first-order chi connectivity index (χ1) is 20.6. The molecule has 43 heavy (non-hydrogen) atoms. The van der Waals surface area contributed by atoms with Crippen molar-refractivity contribution >= 4 is 22.9 Å². The Morgan fingerprint density at radius 1 is 1.02 bits per heavy atom. The number of aromatic nitrogens is 2. The second-order valence-electron chi connectivity index (χ2n) is 13.4. The third kappa shape index (κ3) is 5.47. The van der Waals surface area contributed by atoms with Gasteiger partial charge in [-0.3, -0.25) is 14.5 Å². The molecule has 3 saturated heterocycles. The molecule has 3 atom stereocenters. The number of nitrogens with zero attached hydrogens (tertiary/aromatic N) is 4. The van der Waals surface area contributed by atoms with Crippen molar-refractivity contribution in [3.05, 3.63) is 65.7 Å². The Labute approximate surface area is 254 Å². The van der Waals surface area contributed by atoms with Crippen LogP contribution in [-0.4, -0.2) is 69.6 Å². The SMILES string of the molecule is CCOC(=O)C(C)(C)C(=O)N1CCC(CCN2[C@@H]3CC[C@H]2C[C@@H](n2c(C)nc4ccccc42)C3)(c2cccc(F)c2)CC1. The highest BCUT2D eigenvalue weighted by molar-refractivity contribution is 6.01. The number of carbonyl (C=O) groups is 2. The molecule has 3 fully saturated rings. The van der Waals surface area contributed by atoms with E-state index in [0.717, 1.165) is 55.6 Å². The molecule has 0 saturated carbocycles. The molecule has 3 aliphatic rings. The fraction of sp³-hybridized carbons (Fsp3) is 0.571. The Kier molecular flexibility index (Phi) is 8.09. The number of amides is 1. The van der Waals surface area contributed by atoms with E-state index in [0.29, 0.717) is 31.2 Å². The van der Waals surface area contributed by atoms with Gasteiger partial charge in [0.05, 0.1) is 17.6 Å². The summed E-state index contributed by atoms with van der Waals surface area (Å²) in [6, 6.07) is 17.0. The van der Waals surface area contributed by atoms with Gasteiger partial charge >= 0.3 is 5.97 Å². The molecule has 1 amide bonds. The molecule has 6 rings (SSSR count). The number of ether oxygens (including phenoxy) is 1. The minimum Gasteiger partial charge on any atom is -0.465 e. The summed E-state index contributed by atoms with van der Waals surface area (Å²) in [6.45, 7) is 9.47. The minimum atomic E-state index is -1.22. The molecule has 7 nitrogen and oxygen atoms in total. The molecule has 0 N–H and O–H groups in total. The molecule has 2 bridgehead atoms. The number of fused-ring (bicyclic) bond motifs is 3. The second-order valence-corrected chi connectivity index (χ2v) is 13.4. The lowest BCUT2D eigenvalue weighted by atomic mass is 9.70. The maximum Gasteiger partial charge on any atom is 0.321 e. The van der Waals surface area contributed by atoms with Gasteiger partial charge in [-0.15, -0.1) is 0 Å². The van der Waals surface area contributed by atoms with Crippen molar-refractivity contribution in [1.29, 1.82) is 0 Å². The van der Waals surface area contributed by atoms with E-state index >= 15 is 0 Å². The summed E-state index contributed by atoms with van der Waals surface area (Å²) in [5.41, 5.74) is 1.88. The summed E-state index contributed by atoms with van der Waals surface area (Å²) < 4.78 is 22.2. The van der Waals surface area contributed by atoms with Crippen LogP contribution in [0.15, 0.2) is 48.5 Å². The highest BCUT2D eigenvalue weighted by Crippen LogP contribution is 2.45. The van der Waals surface area contributed by atoms with Gasteiger partial charge in [-0.05, 0) is 114 Å². The first kappa shape index (κ1) is 29.8. The number of para-hydroxylation sites is 2. The van der Waals surface area contributed by atoms with E-state index in [-0.39, 0.29) is 23.7 Å². The van der Waals surface area contributed by atoms with Crippen molar-refractivity contribution < 1.29 is 18.7 Å². The van der Waals surface area contributed by atoms with Crippen molar-refractivity contribution in [2.45, 2.75) is 96.2 Å². The summed E-state index contributed by atoms with van der Waals surface area (Å²) in [5, 5.41) is 0. The number of aryl methyl sites for hydroxylation is 1. The van der Waals surface area contributed by atoms with E-state index in [1.54, 1.807) is 37.8 Å². The summed E-state index contributed by atoms with van der Waals surface area (Å²) in [5.74, 6) is 0.195. The molecule has 4 heterocycles. The van der Waals surface area contributed by atoms with E-state index < -0.39 is 11.4 Å². The Morgan fingerprint density at radius 3 is 2.40 bits per heavy atom. The van der Waals surface area contributed by atoms with Crippen LogP contribution in [0.25, 0.3) is 11.0 Å². The van der Waals surface area contributed by atoms with Crippen molar-refractivity contribution in [2.24, 2.45) is 5.41 Å². The summed E-state index contributed by atoms with van der Waals surface area (Å²) >= 11 is 0. The van der Waals surface area contributed by atoms with Crippen LogP contribution in [-0.2, 0) is 19.7 Å². The highest BCUT2D eigenvalue weighted by atomic mass is 19.1. The van der Waals surface area contributed by atoms with Gasteiger partial charge in [0.25, 0.3) is 0 Å². The van der Waals surface area contributed by atoms with Crippen LogP contribution in [0.5, 0.6) is 0 Å². The number of rotatable bonds is 8. The number of hydrogen-bond donors (Lipinski definition) is 0. The zero-order valence-corrected chi connectivity index (χ0v) is 26.0. The van der Waals surface area contributed by atoms with Gasteiger partial charge in [0.2, 0.25) is 5.91 Å². The highest BCUT2D eigenvalue weighted by Gasteiger charge is 2.46. The van der Waals surface area contributed by atoms with E-state index in [2.05, 4.69) is 46.7 Å². The first-order valence-corrected chi connectivity index (χ1v) is 16.0. The average Bonchev–Trinajstić information content (AvgIpc) is 3.46. The van der Waals surface area contributed by atoms with Crippen LogP contribution in [0.3, 0.4) is 0 Å². The lowest BCUT2D eigenvalue weighted by molar-refractivity contribution is -0.163. The Hall–Kier alpha value is -3.26. The molecule has 0 radical (unpaired) electrons. The Bertz CT molecular complexity index is 1480. The van der Waals surface area contributed by atoms with Gasteiger partial charge in [0.1, 0.15) is 17.1 Å². The number of piperidine rings is 2. The number of esters is 1. The van der Waals surface area contributed by atoms with Crippen LogP contribution >= 0.6 is 0 Å². The second kappa shape index (κ2) is 11.7. The van der Waals surface area contributed by atoms with Crippen molar-refractivity contribution in [1.82, 2.24) is 19.4 Å². The molecule has 1 aromatic heterocycles. The standard InChI is InChI=1S/C35H45FN4O3/c1-5-43-33(42)34(3,4)32(41)38-18-15-35(16-19-38,25-9-8-10-26(36)21-25)17-20-39-27-13-14-28(39)23-29(22-27)40-24(2)37-30-11-6-7-12-31(30)40/h6-12,21,27-29H,5,13-20,22-23H2,1-4H3/t27-,28+,29+. The quantitative estimate of drug-likeness (QED) is 0.232. The van der Waals surface area contributed by atoms with Gasteiger partial charge in [-0.25, -0.2) is 9.37 Å². The van der Waals surface area contributed by atoms with Gasteiger partial charge in [0, 0.05) is 31.2 Å². The summed E-state index contributed by atoms with van der Waals surface area (Å²) in [4.78, 5) is 35.3. The monoisotopic (exact) mass is 588 g/mol. The maximum atomic E-state index is 14.5. The Morgan fingerprint density at radius 2 is 1.72 bits per heavy atom. The normalized spacial score (nSPS) is 23.9. The number of likely N-dealkylation sites (tertiary alicyclic amines) is 1. The molecule has 3 aromatic rings. The number of carbonyl (C=O) groups excluding carboxylic acids is 2. The van der Waals surface area contributed by atoms with Gasteiger partial charge < -0.3 is 14.2 Å². The minimum absolute atomic E-state index is 0.193. The fourth-order valence-corrected chi connectivity index (χ4v) is 8.22. The fourth-order valence-electron chi connectivity index (χ4n) is 8.22. The number of benzene rings is 2. The van der Waals surface area contributed by atoms with Crippen LogP contribution in [0.4, 0.5) is 4.39 Å². The molecule has 2 aromatic carbocycles. The summed E-state index contributed by atoms with van der Waals surface area (Å²) in [7, 11) is 0. The predicted molar refractivity (Wildman–Crippen MR) is 165 cm³/mol. The van der Waals surface area contributed by atoms with E-state index in [1.807, 2.05) is 0 Å². The van der Waals surface area contributed by atoms with Crippen molar-refractivity contribution in [2.75, 3.05) is 26.2 Å². The first-order valence-electron chi connectivity index (χ1n) is 16.0. The zero-order valence-electron chi connectivity index (χ0n) is 26.0. The topological polar surface area (TPSA) is 67.7 Å². The van der Waals surface area contributed by atoms with Crippen LogP contribution in [0.1, 0.15) is 83.1 Å². The van der Waals surface area contributed by atoms with Crippen LogP contribution < -0.4 is 0 Å². The Balaban J connectivity index is 1.17. The molecular weight excluding hydrogens is 543 g/mol. The smallest absolute Gasteiger partial charge is 0.321 e. The molecule has 0 aliphatic carbocycles. The molecule has 0 unspecified atom stereocenters. The number of imidazole rings is 1. The van der Waals surface area contributed by atoms with Crippen LogP contribution in [0, 0.1) is 18.2 Å².